The Morgan fingerprint density at radius 2 is 1.89 bits per heavy atom. The molecule has 4 rings (SSSR count). The van der Waals surface area contributed by atoms with Gasteiger partial charge in [-0.2, -0.15) is 0 Å². The monoisotopic (exact) mass is 388 g/mol. The van der Waals surface area contributed by atoms with Crippen LogP contribution in [0.25, 0.3) is 0 Å². The number of hydrogen-bond donors (Lipinski definition) is 3. The van der Waals surface area contributed by atoms with Gasteiger partial charge >= 0.3 is 0 Å². The van der Waals surface area contributed by atoms with Gasteiger partial charge in [-0.3, -0.25) is 9.59 Å². The lowest BCUT2D eigenvalue weighted by molar-refractivity contribution is -0.192. The molecule has 0 amide bonds. The lowest BCUT2D eigenvalue weighted by atomic mass is 9.46. The number of allylic oxidation sites excluding steroid dienone is 4. The van der Waals surface area contributed by atoms with Crippen molar-refractivity contribution in [2.45, 2.75) is 65.1 Å². The molecule has 0 bridgehead atoms. The Hall–Kier alpha value is -1.30. The Kier molecular flexibility index (Phi) is 4.19. The number of hydrogen-bond acceptors (Lipinski definition) is 5. The van der Waals surface area contributed by atoms with Crippen LogP contribution in [0.5, 0.6) is 0 Å². The molecule has 0 spiro atoms. The van der Waals surface area contributed by atoms with Crippen LogP contribution in [0.15, 0.2) is 23.8 Å². The fourth-order valence-corrected chi connectivity index (χ4v) is 7.75. The van der Waals surface area contributed by atoms with Gasteiger partial charge in [0.05, 0.1) is 6.10 Å². The Morgan fingerprint density at radius 3 is 2.54 bits per heavy atom. The van der Waals surface area contributed by atoms with Crippen LogP contribution >= 0.6 is 0 Å². The Morgan fingerprint density at radius 1 is 1.21 bits per heavy atom. The maximum absolute atomic E-state index is 12.8. The molecule has 0 aromatic rings. The van der Waals surface area contributed by atoms with Crippen molar-refractivity contribution < 1.29 is 24.9 Å². The maximum Gasteiger partial charge on any atom is 0.190 e. The van der Waals surface area contributed by atoms with Gasteiger partial charge in [-0.05, 0) is 49.7 Å². The van der Waals surface area contributed by atoms with Crippen molar-refractivity contribution >= 4 is 11.6 Å². The molecule has 0 radical (unpaired) electrons. The van der Waals surface area contributed by atoms with Crippen molar-refractivity contribution in [2.24, 2.45) is 34.0 Å². The second-order valence-electron chi connectivity index (χ2n) is 10.6. The fourth-order valence-electron chi connectivity index (χ4n) is 7.75. The van der Waals surface area contributed by atoms with Gasteiger partial charge in [-0.1, -0.05) is 39.3 Å². The number of fused-ring (bicyclic) bond motifs is 5. The minimum absolute atomic E-state index is 0.00554. The van der Waals surface area contributed by atoms with Crippen molar-refractivity contribution in [1.82, 2.24) is 0 Å². The average Bonchev–Trinajstić information content (AvgIpc) is 2.78. The molecular weight excluding hydrogens is 356 g/mol. The summed E-state index contributed by atoms with van der Waals surface area (Å²) in [5, 5.41) is 32.6. The molecule has 7 atom stereocenters. The van der Waals surface area contributed by atoms with Crippen LogP contribution in [0.4, 0.5) is 0 Å². The normalized spacial score (nSPS) is 49.1. The largest absolute Gasteiger partial charge is 0.393 e. The second kappa shape index (κ2) is 5.87. The summed E-state index contributed by atoms with van der Waals surface area (Å²) in [6, 6.07) is 0. The minimum Gasteiger partial charge on any atom is -0.393 e. The molecule has 0 unspecified atom stereocenters. The van der Waals surface area contributed by atoms with E-state index in [-0.39, 0.29) is 29.0 Å². The van der Waals surface area contributed by atoms with Crippen LogP contribution < -0.4 is 0 Å². The van der Waals surface area contributed by atoms with Gasteiger partial charge in [0.25, 0.3) is 0 Å². The highest BCUT2D eigenvalue weighted by Gasteiger charge is 2.73. The zero-order chi connectivity index (χ0) is 20.7. The average molecular weight is 389 g/mol. The number of ketones is 2. The first-order chi connectivity index (χ1) is 12.9. The van der Waals surface area contributed by atoms with Gasteiger partial charge in [0, 0.05) is 22.2 Å². The molecule has 3 fully saturated rings. The van der Waals surface area contributed by atoms with Crippen molar-refractivity contribution in [3.8, 4) is 0 Å². The highest BCUT2D eigenvalue weighted by molar-refractivity contribution is 6.01. The number of carbonyl (C=O) groups is 2. The lowest BCUT2D eigenvalue weighted by Gasteiger charge is -2.59. The minimum atomic E-state index is -1.67. The molecule has 0 saturated heterocycles. The Balaban J connectivity index is 1.81. The molecule has 4 aliphatic rings. The fraction of sp³-hybridized carbons (Fsp3) is 0.739. The van der Waals surface area contributed by atoms with E-state index in [1.54, 1.807) is 12.2 Å². The first kappa shape index (κ1) is 20.0. The summed E-state index contributed by atoms with van der Waals surface area (Å²) in [6.45, 7) is 7.14. The van der Waals surface area contributed by atoms with Gasteiger partial charge in [0.1, 0.15) is 12.2 Å². The highest BCUT2D eigenvalue weighted by Crippen LogP contribution is 2.71. The molecule has 5 heteroatoms. The summed E-state index contributed by atoms with van der Waals surface area (Å²) < 4.78 is 0. The molecule has 0 aromatic carbocycles. The number of rotatable bonds is 2. The molecule has 3 N–H and O–H groups in total. The Labute approximate surface area is 166 Å². The van der Waals surface area contributed by atoms with Crippen LogP contribution in [0, 0.1) is 34.0 Å². The summed E-state index contributed by atoms with van der Waals surface area (Å²) in [7, 11) is 0. The van der Waals surface area contributed by atoms with E-state index < -0.39 is 34.9 Å². The summed E-state index contributed by atoms with van der Waals surface area (Å²) in [5.74, 6) is -0.364. The van der Waals surface area contributed by atoms with Crippen LogP contribution in [0.1, 0.15) is 53.4 Å². The van der Waals surface area contributed by atoms with E-state index in [1.165, 1.54) is 0 Å². The molecule has 0 aromatic heterocycles. The predicted octanol–water partition coefficient (Wildman–Crippen LogP) is 2.19. The van der Waals surface area contributed by atoms with E-state index in [0.29, 0.717) is 12.8 Å². The molecule has 3 saturated carbocycles. The molecule has 5 nitrogen and oxygen atoms in total. The third-order valence-corrected chi connectivity index (χ3v) is 8.97. The smallest absolute Gasteiger partial charge is 0.190 e. The Bertz CT molecular complexity index is 795. The highest BCUT2D eigenvalue weighted by atomic mass is 16.3. The van der Waals surface area contributed by atoms with Gasteiger partial charge in [0.15, 0.2) is 11.6 Å². The molecule has 154 valence electrons. The first-order valence-electron chi connectivity index (χ1n) is 10.4. The number of carbonyl (C=O) groups excluding carboxylic acids is 2. The van der Waals surface area contributed by atoms with Crippen molar-refractivity contribution in [2.75, 3.05) is 6.61 Å². The summed E-state index contributed by atoms with van der Waals surface area (Å²) >= 11 is 0. The molecule has 4 aliphatic carbocycles. The molecule has 0 aliphatic heterocycles. The maximum atomic E-state index is 12.8. The molecule has 0 heterocycles. The van der Waals surface area contributed by atoms with Gasteiger partial charge in [-0.15, -0.1) is 0 Å². The van der Waals surface area contributed by atoms with Gasteiger partial charge in [-0.25, -0.2) is 0 Å². The lowest BCUT2D eigenvalue weighted by Crippen LogP contribution is -2.64. The van der Waals surface area contributed by atoms with E-state index in [2.05, 4.69) is 6.92 Å². The van der Waals surface area contributed by atoms with Crippen molar-refractivity contribution in [3.05, 3.63) is 23.8 Å². The van der Waals surface area contributed by atoms with Crippen LogP contribution in [-0.2, 0) is 9.59 Å². The first-order valence-corrected chi connectivity index (χ1v) is 10.4. The quantitative estimate of drug-likeness (QED) is 0.674. The van der Waals surface area contributed by atoms with E-state index in [1.807, 2.05) is 26.8 Å². The third-order valence-electron chi connectivity index (χ3n) is 8.97. The zero-order valence-electron chi connectivity index (χ0n) is 17.2. The SMILES string of the molecule is CC1(C)C[C@H]2[C@@H]3CCC4=CC(=O)C=C[C@]4(C)[C@H]3[C@@H](O)C[C@]2(C)[C@@]1(O)C(=O)CO. The molecule has 28 heavy (non-hydrogen) atoms. The van der Waals surface area contributed by atoms with Crippen molar-refractivity contribution in [3.63, 3.8) is 0 Å². The van der Waals surface area contributed by atoms with Crippen molar-refractivity contribution in [1.29, 1.82) is 0 Å². The van der Waals surface area contributed by atoms with E-state index in [9.17, 15) is 24.9 Å². The van der Waals surface area contributed by atoms with Crippen LogP contribution in [0.3, 0.4) is 0 Å². The summed E-state index contributed by atoms with van der Waals surface area (Å²) in [6.07, 6.45) is 7.22. The van der Waals surface area contributed by atoms with Gasteiger partial charge in [0.2, 0.25) is 0 Å². The second-order valence-corrected chi connectivity index (χ2v) is 10.6. The number of aliphatic hydroxyl groups excluding tert-OH is 2. The van der Waals surface area contributed by atoms with Crippen LogP contribution in [0.2, 0.25) is 0 Å². The standard InChI is InChI=1S/C23H32O5/c1-20(2)10-16-15-6-5-13-9-14(25)7-8-21(13,3)19(15)17(26)11-22(16,4)23(20,28)18(27)12-24/h7-9,15-17,19,24,26,28H,5-6,10-12H2,1-4H3/t15-,16-,17-,19+,21-,22-,23+/m0/s1. The van der Waals surface area contributed by atoms with Gasteiger partial charge < -0.3 is 15.3 Å². The number of aliphatic hydroxyl groups is 3. The van der Waals surface area contributed by atoms with E-state index >= 15 is 0 Å². The zero-order valence-corrected chi connectivity index (χ0v) is 17.2. The molecular formula is C23H32O5. The van der Waals surface area contributed by atoms with E-state index in [0.717, 1.165) is 18.4 Å². The van der Waals surface area contributed by atoms with Crippen LogP contribution in [-0.4, -0.2) is 45.2 Å². The topological polar surface area (TPSA) is 94.8 Å². The number of Topliss-reactive ketones (excluding diaryl/α,β-unsaturated/α-hetero) is 1. The summed E-state index contributed by atoms with van der Waals surface area (Å²) in [5.41, 5.74) is -2.42. The predicted molar refractivity (Wildman–Crippen MR) is 104 cm³/mol. The van der Waals surface area contributed by atoms with E-state index in [4.69, 9.17) is 0 Å². The summed E-state index contributed by atoms with van der Waals surface area (Å²) in [4.78, 5) is 24.7. The third kappa shape index (κ3) is 2.18.